The Morgan fingerprint density at radius 1 is 1.37 bits per heavy atom. The molecule has 0 aliphatic heterocycles. The average Bonchev–Trinajstić information content (AvgIpc) is 2.64. The summed E-state index contributed by atoms with van der Waals surface area (Å²) in [4.78, 5) is 2.71. The van der Waals surface area contributed by atoms with Crippen LogP contribution < -0.4 is 5.32 Å². The van der Waals surface area contributed by atoms with Crippen LogP contribution in [0.1, 0.15) is 43.0 Å². The molecule has 1 N–H and O–H groups in total. The third kappa shape index (κ3) is 6.52. The fraction of sp³-hybridized carbons (Fsp3) is 0.733. The van der Waals surface area contributed by atoms with Gasteiger partial charge in [0.2, 0.25) is 0 Å². The number of hydrogen-bond donors (Lipinski definition) is 1. The Morgan fingerprint density at radius 3 is 2.63 bits per heavy atom. The molecule has 0 saturated heterocycles. The SMILES string of the molecule is COCC(C)OCc1cc(CNC(C)(C)C)sc1C. The van der Waals surface area contributed by atoms with E-state index in [0.717, 1.165) is 6.54 Å². The van der Waals surface area contributed by atoms with Gasteiger partial charge in [-0.05, 0) is 46.2 Å². The van der Waals surface area contributed by atoms with Gasteiger partial charge in [-0.1, -0.05) is 0 Å². The van der Waals surface area contributed by atoms with Crippen LogP contribution in [0.25, 0.3) is 0 Å². The molecule has 1 unspecified atom stereocenters. The molecule has 0 saturated carbocycles. The quantitative estimate of drug-likeness (QED) is 0.832. The predicted molar refractivity (Wildman–Crippen MR) is 81.8 cm³/mol. The van der Waals surface area contributed by atoms with Gasteiger partial charge in [0, 0.05) is 28.9 Å². The lowest BCUT2D eigenvalue weighted by molar-refractivity contribution is -0.000172. The van der Waals surface area contributed by atoms with E-state index in [0.29, 0.717) is 13.2 Å². The summed E-state index contributed by atoms with van der Waals surface area (Å²) in [7, 11) is 1.70. The number of ether oxygens (including phenoxy) is 2. The Morgan fingerprint density at radius 2 is 2.05 bits per heavy atom. The Kier molecular flexibility index (Phi) is 6.47. The van der Waals surface area contributed by atoms with Crippen LogP contribution in [-0.2, 0) is 22.6 Å². The first-order valence-corrected chi connectivity index (χ1v) is 7.57. The van der Waals surface area contributed by atoms with Gasteiger partial charge in [-0.25, -0.2) is 0 Å². The zero-order chi connectivity index (χ0) is 14.5. The number of rotatable bonds is 7. The van der Waals surface area contributed by atoms with Crippen molar-refractivity contribution in [2.24, 2.45) is 0 Å². The first-order chi connectivity index (χ1) is 8.81. The van der Waals surface area contributed by atoms with Gasteiger partial charge in [0.1, 0.15) is 0 Å². The summed E-state index contributed by atoms with van der Waals surface area (Å²) < 4.78 is 10.8. The maximum Gasteiger partial charge on any atom is 0.0784 e. The van der Waals surface area contributed by atoms with Crippen molar-refractivity contribution in [3.05, 3.63) is 21.4 Å². The van der Waals surface area contributed by atoms with E-state index in [1.165, 1.54) is 15.3 Å². The summed E-state index contributed by atoms with van der Waals surface area (Å²) in [5, 5.41) is 3.51. The Labute approximate surface area is 121 Å². The number of methoxy groups -OCH3 is 1. The lowest BCUT2D eigenvalue weighted by Gasteiger charge is -2.19. The summed E-state index contributed by atoms with van der Waals surface area (Å²) >= 11 is 1.85. The van der Waals surface area contributed by atoms with Gasteiger partial charge in [0.05, 0.1) is 19.3 Å². The number of hydrogen-bond acceptors (Lipinski definition) is 4. The monoisotopic (exact) mass is 285 g/mol. The van der Waals surface area contributed by atoms with Crippen LogP contribution in [0.5, 0.6) is 0 Å². The maximum absolute atomic E-state index is 5.77. The smallest absolute Gasteiger partial charge is 0.0784 e. The normalized spacial score (nSPS) is 13.8. The first-order valence-electron chi connectivity index (χ1n) is 6.75. The highest BCUT2D eigenvalue weighted by atomic mass is 32.1. The fourth-order valence-corrected chi connectivity index (χ4v) is 2.67. The van der Waals surface area contributed by atoms with Crippen molar-refractivity contribution in [1.82, 2.24) is 5.32 Å². The van der Waals surface area contributed by atoms with Crippen LogP contribution in [0.15, 0.2) is 6.07 Å². The molecule has 1 rings (SSSR count). The molecule has 0 aliphatic rings. The Balaban J connectivity index is 2.49. The van der Waals surface area contributed by atoms with Gasteiger partial charge >= 0.3 is 0 Å². The van der Waals surface area contributed by atoms with Crippen LogP contribution in [0.2, 0.25) is 0 Å². The van der Waals surface area contributed by atoms with Crippen molar-refractivity contribution in [2.75, 3.05) is 13.7 Å². The van der Waals surface area contributed by atoms with Gasteiger partial charge in [-0.2, -0.15) is 0 Å². The van der Waals surface area contributed by atoms with Crippen molar-refractivity contribution in [3.8, 4) is 0 Å². The third-order valence-corrected chi connectivity index (χ3v) is 3.88. The van der Waals surface area contributed by atoms with E-state index in [2.05, 4.69) is 39.1 Å². The van der Waals surface area contributed by atoms with E-state index >= 15 is 0 Å². The van der Waals surface area contributed by atoms with E-state index < -0.39 is 0 Å². The van der Waals surface area contributed by atoms with Gasteiger partial charge in [0.15, 0.2) is 0 Å². The zero-order valence-corrected chi connectivity index (χ0v) is 13.8. The molecule has 19 heavy (non-hydrogen) atoms. The van der Waals surface area contributed by atoms with Gasteiger partial charge in [-0.15, -0.1) is 11.3 Å². The van der Waals surface area contributed by atoms with E-state index in [9.17, 15) is 0 Å². The summed E-state index contributed by atoms with van der Waals surface area (Å²) in [6.07, 6.45) is 0.139. The Bertz CT molecular complexity index is 382. The van der Waals surface area contributed by atoms with Crippen LogP contribution in [-0.4, -0.2) is 25.4 Å². The molecule has 1 aromatic rings. The highest BCUT2D eigenvalue weighted by Gasteiger charge is 2.12. The molecule has 0 spiro atoms. The van der Waals surface area contributed by atoms with E-state index in [4.69, 9.17) is 9.47 Å². The lowest BCUT2D eigenvalue weighted by Crippen LogP contribution is -2.34. The second-order valence-corrected chi connectivity index (χ2v) is 7.32. The molecule has 0 bridgehead atoms. The van der Waals surface area contributed by atoms with Crippen molar-refractivity contribution >= 4 is 11.3 Å². The molecule has 1 atom stereocenters. The lowest BCUT2D eigenvalue weighted by atomic mass is 10.1. The standard InChI is InChI=1S/C15H27NO2S/c1-11(9-17-6)18-10-13-7-14(19-12(13)2)8-16-15(3,4)5/h7,11,16H,8-10H2,1-6H3. The maximum atomic E-state index is 5.77. The van der Waals surface area contributed by atoms with Crippen molar-refractivity contribution in [1.29, 1.82) is 0 Å². The molecule has 110 valence electrons. The second-order valence-electron chi connectivity index (χ2n) is 5.97. The fourth-order valence-electron chi connectivity index (χ4n) is 1.69. The highest BCUT2D eigenvalue weighted by molar-refractivity contribution is 7.12. The highest BCUT2D eigenvalue weighted by Crippen LogP contribution is 2.23. The summed E-state index contributed by atoms with van der Waals surface area (Å²) in [5.41, 5.74) is 1.44. The average molecular weight is 285 g/mol. The first kappa shape index (κ1) is 16.6. The van der Waals surface area contributed by atoms with Crippen LogP contribution in [0.3, 0.4) is 0 Å². The third-order valence-electron chi connectivity index (χ3n) is 2.79. The number of nitrogens with one attached hydrogen (secondary N) is 1. The van der Waals surface area contributed by atoms with Crippen molar-refractivity contribution < 1.29 is 9.47 Å². The molecule has 0 aliphatic carbocycles. The van der Waals surface area contributed by atoms with E-state index in [-0.39, 0.29) is 11.6 Å². The van der Waals surface area contributed by atoms with Crippen molar-refractivity contribution in [3.63, 3.8) is 0 Å². The summed E-state index contributed by atoms with van der Waals surface area (Å²) in [6, 6.07) is 2.25. The van der Waals surface area contributed by atoms with E-state index in [1.807, 2.05) is 18.3 Å². The van der Waals surface area contributed by atoms with Crippen LogP contribution in [0, 0.1) is 6.92 Å². The molecule has 0 fully saturated rings. The zero-order valence-electron chi connectivity index (χ0n) is 13.0. The number of aryl methyl sites for hydroxylation is 1. The van der Waals surface area contributed by atoms with Gasteiger partial charge in [-0.3, -0.25) is 0 Å². The molecule has 0 aromatic carbocycles. The molecular formula is C15H27NO2S. The second kappa shape index (κ2) is 7.39. The predicted octanol–water partition coefficient (Wildman–Crippen LogP) is 3.50. The minimum Gasteiger partial charge on any atom is -0.382 e. The van der Waals surface area contributed by atoms with Crippen LogP contribution >= 0.6 is 11.3 Å². The minimum absolute atomic E-state index is 0.139. The van der Waals surface area contributed by atoms with E-state index in [1.54, 1.807) is 7.11 Å². The number of thiophene rings is 1. The molecule has 0 radical (unpaired) electrons. The summed E-state index contributed by atoms with van der Waals surface area (Å²) in [5.74, 6) is 0. The van der Waals surface area contributed by atoms with Crippen LogP contribution in [0.4, 0.5) is 0 Å². The minimum atomic E-state index is 0.139. The molecule has 1 aromatic heterocycles. The molecule has 3 nitrogen and oxygen atoms in total. The van der Waals surface area contributed by atoms with Gasteiger partial charge in [0.25, 0.3) is 0 Å². The molecule has 1 heterocycles. The topological polar surface area (TPSA) is 30.5 Å². The molecular weight excluding hydrogens is 258 g/mol. The molecule has 4 heteroatoms. The van der Waals surface area contributed by atoms with Gasteiger partial charge < -0.3 is 14.8 Å². The Hall–Kier alpha value is -0.420. The molecule has 0 amide bonds. The van der Waals surface area contributed by atoms with Crippen molar-refractivity contribution in [2.45, 2.75) is 59.4 Å². The largest absolute Gasteiger partial charge is 0.382 e. The summed E-state index contributed by atoms with van der Waals surface area (Å²) in [6.45, 7) is 13.0.